The molecule has 2 aromatic carbocycles. The fourth-order valence-corrected chi connectivity index (χ4v) is 2.17. The van der Waals surface area contributed by atoms with E-state index in [9.17, 15) is 4.39 Å². The number of methoxy groups -OCH3 is 1. The van der Waals surface area contributed by atoms with Crippen molar-refractivity contribution in [3.63, 3.8) is 0 Å². The van der Waals surface area contributed by atoms with Crippen molar-refractivity contribution in [3.05, 3.63) is 59.4 Å². The standard InChI is InChI=1S/C16H18FNO/c1-11-6-4-7-13(10-11)18-12(2)16-14(17)8-5-9-15(16)19-3/h4-10,12,18H,1-3H3. The highest BCUT2D eigenvalue weighted by Crippen LogP contribution is 2.30. The number of benzene rings is 2. The smallest absolute Gasteiger partial charge is 0.132 e. The number of hydrogen-bond acceptors (Lipinski definition) is 2. The minimum absolute atomic E-state index is 0.169. The number of halogens is 1. The van der Waals surface area contributed by atoms with Crippen LogP contribution >= 0.6 is 0 Å². The summed E-state index contributed by atoms with van der Waals surface area (Å²) in [6, 6.07) is 12.7. The molecule has 1 atom stereocenters. The van der Waals surface area contributed by atoms with Gasteiger partial charge in [-0.2, -0.15) is 0 Å². The topological polar surface area (TPSA) is 21.3 Å². The summed E-state index contributed by atoms with van der Waals surface area (Å²) in [5.74, 6) is 0.305. The fourth-order valence-electron chi connectivity index (χ4n) is 2.17. The lowest BCUT2D eigenvalue weighted by atomic mass is 10.1. The predicted octanol–water partition coefficient (Wildman–Crippen LogP) is 4.32. The molecule has 0 aliphatic carbocycles. The van der Waals surface area contributed by atoms with Crippen LogP contribution in [-0.2, 0) is 0 Å². The molecule has 1 unspecified atom stereocenters. The Morgan fingerprint density at radius 3 is 2.58 bits per heavy atom. The lowest BCUT2D eigenvalue weighted by Gasteiger charge is -2.19. The average Bonchev–Trinajstić information content (AvgIpc) is 2.38. The first-order valence-electron chi connectivity index (χ1n) is 6.27. The van der Waals surface area contributed by atoms with Gasteiger partial charge in [0.2, 0.25) is 0 Å². The van der Waals surface area contributed by atoms with Gasteiger partial charge in [0.25, 0.3) is 0 Å². The summed E-state index contributed by atoms with van der Waals surface area (Å²) in [4.78, 5) is 0. The van der Waals surface area contributed by atoms with Crippen LogP contribution in [0.15, 0.2) is 42.5 Å². The zero-order valence-electron chi connectivity index (χ0n) is 11.4. The molecule has 100 valence electrons. The largest absolute Gasteiger partial charge is 0.496 e. The van der Waals surface area contributed by atoms with Crippen LogP contribution in [0.3, 0.4) is 0 Å². The van der Waals surface area contributed by atoms with Crippen LogP contribution in [0.2, 0.25) is 0 Å². The van der Waals surface area contributed by atoms with Gasteiger partial charge < -0.3 is 10.1 Å². The summed E-state index contributed by atoms with van der Waals surface area (Å²) < 4.78 is 19.2. The maximum absolute atomic E-state index is 13.9. The summed E-state index contributed by atoms with van der Waals surface area (Å²) in [7, 11) is 1.55. The molecule has 1 N–H and O–H groups in total. The second-order valence-corrected chi connectivity index (χ2v) is 4.59. The molecule has 3 heteroatoms. The molecule has 0 aliphatic rings. The van der Waals surface area contributed by atoms with E-state index in [0.717, 1.165) is 11.3 Å². The number of aryl methyl sites for hydroxylation is 1. The Labute approximate surface area is 113 Å². The quantitative estimate of drug-likeness (QED) is 0.883. The van der Waals surface area contributed by atoms with Crippen LogP contribution in [-0.4, -0.2) is 7.11 Å². The normalized spacial score (nSPS) is 12.0. The molecule has 2 rings (SSSR count). The van der Waals surface area contributed by atoms with Crippen LogP contribution in [0.5, 0.6) is 5.75 Å². The molecule has 0 spiro atoms. The maximum atomic E-state index is 13.9. The molecule has 2 aromatic rings. The van der Waals surface area contributed by atoms with Gasteiger partial charge >= 0.3 is 0 Å². The van der Waals surface area contributed by atoms with E-state index >= 15 is 0 Å². The zero-order chi connectivity index (χ0) is 13.8. The SMILES string of the molecule is COc1cccc(F)c1C(C)Nc1cccc(C)c1. The molecule has 0 radical (unpaired) electrons. The fraction of sp³-hybridized carbons (Fsp3) is 0.250. The number of ether oxygens (including phenoxy) is 1. The van der Waals surface area contributed by atoms with E-state index in [2.05, 4.69) is 5.32 Å². The average molecular weight is 259 g/mol. The Hall–Kier alpha value is -2.03. The van der Waals surface area contributed by atoms with E-state index in [1.165, 1.54) is 6.07 Å². The Morgan fingerprint density at radius 2 is 1.89 bits per heavy atom. The number of nitrogens with one attached hydrogen (secondary N) is 1. The van der Waals surface area contributed by atoms with Crippen molar-refractivity contribution in [2.45, 2.75) is 19.9 Å². The van der Waals surface area contributed by atoms with Crippen LogP contribution in [0.1, 0.15) is 24.1 Å². The molecule has 0 bridgehead atoms. The monoisotopic (exact) mass is 259 g/mol. The molecule has 0 saturated heterocycles. The summed E-state index contributed by atoms with van der Waals surface area (Å²) in [6.07, 6.45) is 0. The van der Waals surface area contributed by atoms with Crippen LogP contribution in [0.4, 0.5) is 10.1 Å². The van der Waals surface area contributed by atoms with Crippen LogP contribution in [0.25, 0.3) is 0 Å². The molecular weight excluding hydrogens is 241 g/mol. The third-order valence-electron chi connectivity index (χ3n) is 3.07. The van der Waals surface area contributed by atoms with Crippen molar-refractivity contribution in [1.29, 1.82) is 0 Å². The highest BCUT2D eigenvalue weighted by Gasteiger charge is 2.16. The van der Waals surface area contributed by atoms with Gasteiger partial charge in [-0.1, -0.05) is 18.2 Å². The maximum Gasteiger partial charge on any atom is 0.132 e. The minimum atomic E-state index is -0.257. The molecular formula is C16H18FNO. The highest BCUT2D eigenvalue weighted by atomic mass is 19.1. The first-order valence-corrected chi connectivity index (χ1v) is 6.27. The first-order chi connectivity index (χ1) is 9.11. The second kappa shape index (κ2) is 5.74. The van der Waals surface area contributed by atoms with Gasteiger partial charge in [-0.15, -0.1) is 0 Å². The lowest BCUT2D eigenvalue weighted by Crippen LogP contribution is -2.10. The van der Waals surface area contributed by atoms with Gasteiger partial charge in [-0.3, -0.25) is 0 Å². The Bertz CT molecular complexity index is 568. The van der Waals surface area contributed by atoms with Crippen molar-refractivity contribution >= 4 is 5.69 Å². The van der Waals surface area contributed by atoms with E-state index in [1.807, 2.05) is 38.1 Å². The molecule has 2 nitrogen and oxygen atoms in total. The zero-order valence-corrected chi connectivity index (χ0v) is 11.4. The van der Waals surface area contributed by atoms with E-state index in [1.54, 1.807) is 19.2 Å². The van der Waals surface area contributed by atoms with Crippen molar-refractivity contribution in [2.24, 2.45) is 0 Å². The third-order valence-corrected chi connectivity index (χ3v) is 3.07. The number of anilines is 1. The summed E-state index contributed by atoms with van der Waals surface area (Å²) in [6.45, 7) is 3.95. The highest BCUT2D eigenvalue weighted by molar-refractivity contribution is 5.49. The van der Waals surface area contributed by atoms with Crippen molar-refractivity contribution in [2.75, 3.05) is 12.4 Å². The summed E-state index contributed by atoms with van der Waals surface area (Å²) in [5.41, 5.74) is 2.68. The molecule has 0 saturated carbocycles. The van der Waals surface area contributed by atoms with Gasteiger partial charge in [-0.05, 0) is 43.7 Å². The van der Waals surface area contributed by atoms with Crippen LogP contribution < -0.4 is 10.1 Å². The predicted molar refractivity (Wildman–Crippen MR) is 76.2 cm³/mol. The Kier molecular flexibility index (Phi) is 4.05. The van der Waals surface area contributed by atoms with Gasteiger partial charge in [0, 0.05) is 5.69 Å². The van der Waals surface area contributed by atoms with Gasteiger partial charge in [0.05, 0.1) is 18.7 Å². The molecule has 0 amide bonds. The number of hydrogen-bond donors (Lipinski definition) is 1. The molecule has 0 aromatic heterocycles. The van der Waals surface area contributed by atoms with Gasteiger partial charge in [0.1, 0.15) is 11.6 Å². The Balaban J connectivity index is 2.27. The third kappa shape index (κ3) is 3.05. The molecule has 19 heavy (non-hydrogen) atoms. The van der Waals surface area contributed by atoms with Gasteiger partial charge in [0.15, 0.2) is 0 Å². The van der Waals surface area contributed by atoms with Gasteiger partial charge in [-0.25, -0.2) is 4.39 Å². The van der Waals surface area contributed by atoms with Crippen molar-refractivity contribution in [1.82, 2.24) is 0 Å². The van der Waals surface area contributed by atoms with Crippen molar-refractivity contribution < 1.29 is 9.13 Å². The molecule has 0 aliphatic heterocycles. The van der Waals surface area contributed by atoms with E-state index < -0.39 is 0 Å². The Morgan fingerprint density at radius 1 is 1.16 bits per heavy atom. The van der Waals surface area contributed by atoms with E-state index in [4.69, 9.17) is 4.74 Å². The van der Waals surface area contributed by atoms with Crippen molar-refractivity contribution in [3.8, 4) is 5.75 Å². The van der Waals surface area contributed by atoms with E-state index in [-0.39, 0.29) is 11.9 Å². The first kappa shape index (κ1) is 13.4. The van der Waals surface area contributed by atoms with E-state index in [0.29, 0.717) is 11.3 Å². The second-order valence-electron chi connectivity index (χ2n) is 4.59. The summed E-state index contributed by atoms with van der Waals surface area (Å²) in [5, 5.41) is 3.29. The summed E-state index contributed by atoms with van der Waals surface area (Å²) >= 11 is 0. The number of rotatable bonds is 4. The lowest BCUT2D eigenvalue weighted by molar-refractivity contribution is 0.402. The molecule has 0 fully saturated rings. The minimum Gasteiger partial charge on any atom is -0.496 e. The van der Waals surface area contributed by atoms with Crippen LogP contribution in [0, 0.1) is 12.7 Å². The molecule has 0 heterocycles.